The van der Waals surface area contributed by atoms with Gasteiger partial charge in [-0.25, -0.2) is 4.39 Å². The second-order valence-corrected chi connectivity index (χ2v) is 6.49. The minimum atomic E-state index is -3.21. The van der Waals surface area contributed by atoms with Gasteiger partial charge in [-0.15, -0.1) is 0 Å². The Labute approximate surface area is 152 Å². The van der Waals surface area contributed by atoms with Crippen LogP contribution in [0.2, 0.25) is 0 Å². The molecule has 1 aromatic heterocycles. The van der Waals surface area contributed by atoms with Gasteiger partial charge in [0.2, 0.25) is 5.82 Å². The van der Waals surface area contributed by atoms with Gasteiger partial charge in [0.15, 0.2) is 17.6 Å². The highest BCUT2D eigenvalue weighted by atomic mass is 32.1. The highest BCUT2D eigenvalue weighted by Crippen LogP contribution is 2.38. The van der Waals surface area contributed by atoms with E-state index in [0.29, 0.717) is 10.8 Å². The first kappa shape index (κ1) is 19.0. The molecule has 0 bridgehead atoms. The lowest BCUT2D eigenvalue weighted by Gasteiger charge is -2.24. The number of H-pyrrole nitrogens is 1. The van der Waals surface area contributed by atoms with Crippen molar-refractivity contribution in [1.29, 1.82) is 0 Å². The van der Waals surface area contributed by atoms with Crippen LogP contribution >= 0.6 is 12.2 Å². The van der Waals surface area contributed by atoms with Crippen LogP contribution in [0.5, 0.6) is 0 Å². The number of hydrogen-bond donors (Lipinski definition) is 4. The fourth-order valence-electron chi connectivity index (χ4n) is 2.12. The van der Waals surface area contributed by atoms with Crippen molar-refractivity contribution >= 4 is 18.2 Å². The van der Waals surface area contributed by atoms with E-state index in [9.17, 15) is 28.6 Å². The summed E-state index contributed by atoms with van der Waals surface area (Å²) in [4.78, 5) is 24.9. The number of aromatic amines is 1. The third-order valence-corrected chi connectivity index (χ3v) is 4.10. The number of aromatic nitrogens is 2. The van der Waals surface area contributed by atoms with E-state index in [-0.39, 0.29) is 5.92 Å². The summed E-state index contributed by atoms with van der Waals surface area (Å²) in [5.74, 6) is -5.90. The first-order valence-corrected chi connectivity index (χ1v) is 7.93. The van der Waals surface area contributed by atoms with Crippen LogP contribution in [0.1, 0.15) is 21.4 Å². The predicted molar refractivity (Wildman–Crippen MR) is 85.6 cm³/mol. The van der Waals surface area contributed by atoms with Crippen LogP contribution in [0.15, 0.2) is 11.0 Å². The van der Waals surface area contributed by atoms with Gasteiger partial charge in [0.25, 0.3) is 11.4 Å². The Morgan fingerprint density at radius 2 is 2.27 bits per heavy atom. The second kappa shape index (κ2) is 7.48. The lowest BCUT2D eigenvalue weighted by molar-refractivity contribution is -0.217. The van der Waals surface area contributed by atoms with Crippen LogP contribution in [0.25, 0.3) is 0 Å². The molecule has 2 heterocycles. The van der Waals surface area contributed by atoms with Gasteiger partial charge in [-0.1, -0.05) is 13.8 Å². The van der Waals surface area contributed by atoms with E-state index in [1.54, 1.807) is 13.8 Å². The Morgan fingerprint density at radius 1 is 1.65 bits per heavy atom. The van der Waals surface area contributed by atoms with E-state index in [1.807, 2.05) is 4.98 Å². The zero-order chi connectivity index (χ0) is 20.7. The van der Waals surface area contributed by atoms with Gasteiger partial charge in [0.1, 0.15) is 18.2 Å². The molecule has 1 fully saturated rings. The Hall–Kier alpha value is -1.73. The number of esters is 1. The topological polar surface area (TPSA) is 140 Å². The molecule has 12 heteroatoms. The third-order valence-electron chi connectivity index (χ3n) is 3.81. The summed E-state index contributed by atoms with van der Waals surface area (Å²) in [5.41, 5.74) is 4.37. The maximum absolute atomic E-state index is 15.0. The van der Waals surface area contributed by atoms with E-state index >= 15 is 0 Å². The van der Waals surface area contributed by atoms with E-state index in [0.717, 1.165) is 0 Å². The summed E-state index contributed by atoms with van der Waals surface area (Å²) in [6.07, 6.45) is -7.04. The minimum absolute atomic E-state index is 0.314. The molecule has 26 heavy (non-hydrogen) atoms. The Kier molecular flexibility index (Phi) is 5.48. The summed E-state index contributed by atoms with van der Waals surface area (Å²) in [6.45, 7) is 2.07. The number of alkyl halides is 1. The molecule has 0 spiro atoms. The summed E-state index contributed by atoms with van der Waals surface area (Å²) in [5, 5.41) is 20.1. The van der Waals surface area contributed by atoms with Gasteiger partial charge < -0.3 is 25.4 Å². The van der Waals surface area contributed by atoms with Crippen molar-refractivity contribution in [3.63, 3.8) is 0 Å². The summed E-state index contributed by atoms with van der Waals surface area (Å²) in [7, 11) is 0. The van der Waals surface area contributed by atoms with E-state index in [1.165, 1.54) is 0 Å². The van der Waals surface area contributed by atoms with Gasteiger partial charge in [0.05, 0.1) is 7.57 Å². The fraction of sp³-hybridized carbons (Fsp3) is 0.643. The number of rotatable bonds is 5. The van der Waals surface area contributed by atoms with Crippen LogP contribution in [0, 0.1) is 16.5 Å². The molecule has 1 aliphatic rings. The number of nitrogens with two attached hydrogens (primary N) is 1. The summed E-state index contributed by atoms with van der Waals surface area (Å²) < 4.78 is 46.0. The Balaban J connectivity index is 2.31. The number of carbonyl (C=O) groups excluding carboxylic acids is 1. The largest absolute Gasteiger partial charge is 0.458 e. The molecule has 0 unspecified atom stereocenters. The molecule has 5 atom stereocenters. The number of nitrogens with zero attached hydrogens (tertiary/aromatic N) is 1. The molecule has 9 nitrogen and oxygen atoms in total. The van der Waals surface area contributed by atoms with Crippen LogP contribution in [-0.4, -0.2) is 56.4 Å². The van der Waals surface area contributed by atoms with Gasteiger partial charge in [-0.05, 0) is 18.1 Å². The molecule has 0 aromatic carbocycles. The first-order chi connectivity index (χ1) is 12.3. The fourth-order valence-corrected chi connectivity index (χ4v) is 2.36. The van der Waals surface area contributed by atoms with Crippen molar-refractivity contribution in [3.05, 3.63) is 27.1 Å². The molecule has 0 aliphatic carbocycles. The highest BCUT2D eigenvalue weighted by molar-refractivity contribution is 7.71. The molecule has 1 saturated heterocycles. The number of nitrogens with one attached hydrogen (secondary N) is 1. The number of halogens is 2. The Bertz CT molecular complexity index is 851. The number of aliphatic hydroxyl groups excluding tert-OH is 2. The van der Waals surface area contributed by atoms with Crippen molar-refractivity contribution in [2.75, 3.05) is 6.61 Å². The molecule has 0 amide bonds. The number of hydrogen-bond acceptors (Lipinski definition) is 8. The van der Waals surface area contributed by atoms with E-state index < -0.39 is 59.0 Å². The molecule has 2 rings (SSSR count). The van der Waals surface area contributed by atoms with Crippen LogP contribution in [-0.2, 0) is 14.3 Å². The maximum atomic E-state index is 15.0. The van der Waals surface area contributed by atoms with Gasteiger partial charge >= 0.3 is 5.97 Å². The van der Waals surface area contributed by atoms with Crippen molar-refractivity contribution in [2.24, 2.45) is 11.7 Å². The Morgan fingerprint density at radius 3 is 2.85 bits per heavy atom. The van der Waals surface area contributed by atoms with E-state index in [2.05, 4.69) is 4.74 Å². The van der Waals surface area contributed by atoms with Gasteiger partial charge in [-0.2, -0.15) is 4.39 Å². The van der Waals surface area contributed by atoms with Crippen molar-refractivity contribution < 1.29 is 34.6 Å². The maximum Gasteiger partial charge on any atom is 0.323 e. The molecule has 5 N–H and O–H groups in total. The highest BCUT2D eigenvalue weighted by Gasteiger charge is 2.57. The normalized spacial score (nSPS) is 33.2. The van der Waals surface area contributed by atoms with Crippen LogP contribution in [0.3, 0.4) is 0 Å². The van der Waals surface area contributed by atoms with Crippen molar-refractivity contribution in [1.82, 2.24) is 9.55 Å². The number of carbonyl (C=O) groups is 1. The molecule has 0 saturated carbocycles. The number of ether oxygens (including phenoxy) is 2. The molecular formula is C14H19F2N3O6S. The zero-order valence-corrected chi connectivity index (χ0v) is 14.6. The lowest BCUT2D eigenvalue weighted by atomic mass is 10.1. The summed E-state index contributed by atoms with van der Waals surface area (Å²) >= 11 is 4.77. The third kappa shape index (κ3) is 3.83. The standard InChI is InChI=1S/C14H19F2N3O6S/c1-5(2)7(17)12(23)24-4-14(16)9(21)8(20)11(25-14)19-3-6(15)10(22)18-13(19)26/h3,5,7-9,11,20-21H,4,17H2,1-2H3,(H,18,22,26)/t7-,8+,9-,11+,14+/m0/s1/i11D. The smallest absolute Gasteiger partial charge is 0.323 e. The first-order valence-electron chi connectivity index (χ1n) is 8.03. The van der Waals surface area contributed by atoms with Gasteiger partial charge in [0, 0.05) is 0 Å². The molecular weight excluding hydrogens is 376 g/mol. The molecule has 1 aliphatic heterocycles. The van der Waals surface area contributed by atoms with E-state index in [4.69, 9.17) is 24.1 Å². The predicted octanol–water partition coefficient (Wildman–Crippen LogP) is -0.512. The molecule has 0 radical (unpaired) electrons. The molecule has 1 aromatic rings. The SMILES string of the molecule is [2H][C@@]1(n2cc(F)c(=O)[nH]c2=S)O[C@](F)(COC(=O)[C@@H](N)C(C)C)[C@@H](O)[C@H]1O. The zero-order valence-electron chi connectivity index (χ0n) is 14.8. The average molecular weight is 396 g/mol. The quantitative estimate of drug-likeness (QED) is 0.385. The van der Waals surface area contributed by atoms with Crippen molar-refractivity contribution in [2.45, 2.75) is 44.2 Å². The monoisotopic (exact) mass is 396 g/mol. The summed E-state index contributed by atoms with van der Waals surface area (Å²) in [6, 6.07) is -1.07. The minimum Gasteiger partial charge on any atom is -0.458 e. The second-order valence-electron chi connectivity index (χ2n) is 6.10. The lowest BCUT2D eigenvalue weighted by Crippen LogP contribution is -2.46. The van der Waals surface area contributed by atoms with Gasteiger partial charge in [-0.3, -0.25) is 19.1 Å². The molecule has 146 valence electrons. The van der Waals surface area contributed by atoms with Crippen molar-refractivity contribution in [3.8, 4) is 0 Å². The van der Waals surface area contributed by atoms with Crippen LogP contribution < -0.4 is 11.3 Å². The average Bonchev–Trinajstić information content (AvgIpc) is 2.76. The van der Waals surface area contributed by atoms with Crippen LogP contribution in [0.4, 0.5) is 8.78 Å². The number of aliphatic hydroxyl groups is 2.